The molecule has 2 aromatic heterocycles. The fraction of sp³-hybridized carbons (Fsp3) is 0.182. The molecule has 2 heterocycles. The van der Waals surface area contributed by atoms with E-state index in [4.69, 9.17) is 9.47 Å². The van der Waals surface area contributed by atoms with Gasteiger partial charge in [0.2, 0.25) is 0 Å². The van der Waals surface area contributed by atoms with Crippen molar-refractivity contribution in [2.24, 2.45) is 7.05 Å². The van der Waals surface area contributed by atoms with Crippen LogP contribution in [0.4, 0.5) is 0 Å². The molecule has 7 heteroatoms. The maximum absolute atomic E-state index is 13.1. The first kappa shape index (κ1) is 19.2. The van der Waals surface area contributed by atoms with Crippen LogP contribution >= 0.6 is 11.3 Å². The summed E-state index contributed by atoms with van der Waals surface area (Å²) in [6.07, 6.45) is 0. The second-order valence-corrected chi connectivity index (χ2v) is 7.54. The Morgan fingerprint density at radius 1 is 1.10 bits per heavy atom. The molecule has 2 aromatic carbocycles. The molecule has 4 rings (SSSR count). The predicted octanol–water partition coefficient (Wildman–Crippen LogP) is 3.67. The van der Waals surface area contributed by atoms with Crippen molar-refractivity contribution in [1.82, 2.24) is 9.88 Å². The minimum absolute atomic E-state index is 0.0687. The van der Waals surface area contributed by atoms with Gasteiger partial charge in [-0.2, -0.15) is 0 Å². The number of aryl methyl sites for hydroxylation is 1. The average molecular weight is 408 g/mol. The molecule has 148 valence electrons. The van der Waals surface area contributed by atoms with Crippen molar-refractivity contribution in [2.75, 3.05) is 13.8 Å². The summed E-state index contributed by atoms with van der Waals surface area (Å²) in [6, 6.07) is 17.3. The Morgan fingerprint density at radius 3 is 2.59 bits per heavy atom. The number of aromatic nitrogens is 1. The number of benzene rings is 2. The van der Waals surface area contributed by atoms with Crippen molar-refractivity contribution in [3.8, 4) is 5.75 Å². The van der Waals surface area contributed by atoms with Gasteiger partial charge >= 0.3 is 0 Å². The summed E-state index contributed by atoms with van der Waals surface area (Å²) in [5, 5.41) is 3.93. The van der Waals surface area contributed by atoms with Crippen LogP contribution in [-0.2, 0) is 18.4 Å². The van der Waals surface area contributed by atoms with Gasteiger partial charge in [0.05, 0.1) is 16.8 Å². The Hall–Kier alpha value is -3.16. The lowest BCUT2D eigenvalue weighted by Crippen LogP contribution is -2.19. The molecule has 0 unspecified atom stereocenters. The Balaban J connectivity index is 1.75. The zero-order valence-electron chi connectivity index (χ0n) is 16.1. The highest BCUT2D eigenvalue weighted by atomic mass is 32.1. The van der Waals surface area contributed by atoms with Crippen LogP contribution in [0.1, 0.15) is 15.2 Å². The van der Waals surface area contributed by atoms with Crippen LogP contribution < -0.4 is 15.6 Å². The largest absolute Gasteiger partial charge is 0.465 e. The van der Waals surface area contributed by atoms with Gasteiger partial charge in [0.1, 0.15) is 10.3 Å². The third-order valence-electron chi connectivity index (χ3n) is 4.72. The number of ether oxygens (including phenoxy) is 2. The number of nitrogens with one attached hydrogen (secondary N) is 1. The summed E-state index contributed by atoms with van der Waals surface area (Å²) in [5.41, 5.74) is 1.62. The van der Waals surface area contributed by atoms with Gasteiger partial charge in [-0.15, -0.1) is 11.3 Å². The summed E-state index contributed by atoms with van der Waals surface area (Å²) in [7, 11) is 3.27. The molecule has 1 N–H and O–H groups in total. The SMILES string of the molecule is CNC(=O)c1sc2c(c1OCOCc1ccccc1)c(=O)n(C)c1ccccc21. The van der Waals surface area contributed by atoms with E-state index in [-0.39, 0.29) is 24.0 Å². The standard InChI is InChI=1S/C22H20N2O4S/c1-23-21(25)20-18(28-13-27-12-14-8-4-3-5-9-14)17-19(29-20)15-10-6-7-11-16(15)24(2)22(17)26/h3-11H,12-13H2,1-2H3,(H,23,25). The molecule has 6 nitrogen and oxygen atoms in total. The Labute approximate surface area is 171 Å². The number of pyridine rings is 1. The van der Waals surface area contributed by atoms with Crippen LogP contribution in [0.3, 0.4) is 0 Å². The fourth-order valence-electron chi connectivity index (χ4n) is 3.27. The van der Waals surface area contributed by atoms with E-state index in [0.717, 1.165) is 21.2 Å². The Morgan fingerprint density at radius 2 is 1.83 bits per heavy atom. The van der Waals surface area contributed by atoms with Crippen LogP contribution in [-0.4, -0.2) is 24.3 Å². The highest BCUT2D eigenvalue weighted by molar-refractivity contribution is 7.22. The molecule has 4 aromatic rings. The van der Waals surface area contributed by atoms with Crippen LogP contribution in [0.25, 0.3) is 21.0 Å². The smallest absolute Gasteiger partial charge is 0.264 e. The van der Waals surface area contributed by atoms with Gasteiger partial charge in [-0.3, -0.25) is 9.59 Å². The van der Waals surface area contributed by atoms with Gasteiger partial charge in [0, 0.05) is 19.5 Å². The van der Waals surface area contributed by atoms with E-state index < -0.39 is 0 Å². The van der Waals surface area contributed by atoms with Gasteiger partial charge in [-0.1, -0.05) is 48.5 Å². The molecular formula is C22H20N2O4S. The van der Waals surface area contributed by atoms with Crippen molar-refractivity contribution >= 4 is 38.2 Å². The first-order valence-corrected chi connectivity index (χ1v) is 9.94. The van der Waals surface area contributed by atoms with E-state index in [2.05, 4.69) is 5.32 Å². The van der Waals surface area contributed by atoms with Gasteiger partial charge in [-0.05, 0) is 11.6 Å². The van der Waals surface area contributed by atoms with Crippen LogP contribution in [0.15, 0.2) is 59.4 Å². The van der Waals surface area contributed by atoms with E-state index in [0.29, 0.717) is 16.9 Å². The number of fused-ring (bicyclic) bond motifs is 3. The van der Waals surface area contributed by atoms with E-state index in [1.165, 1.54) is 11.3 Å². The molecule has 1 amide bonds. The van der Waals surface area contributed by atoms with Crippen molar-refractivity contribution in [3.63, 3.8) is 0 Å². The number of amides is 1. The Kier molecular flexibility index (Phi) is 5.33. The summed E-state index contributed by atoms with van der Waals surface area (Å²) in [4.78, 5) is 25.9. The van der Waals surface area contributed by atoms with E-state index in [9.17, 15) is 9.59 Å². The number of hydrogen-bond acceptors (Lipinski definition) is 5. The summed E-state index contributed by atoms with van der Waals surface area (Å²) in [5.74, 6) is -0.0286. The maximum atomic E-state index is 13.1. The lowest BCUT2D eigenvalue weighted by atomic mass is 10.1. The third-order valence-corrected chi connectivity index (χ3v) is 5.93. The quantitative estimate of drug-likeness (QED) is 0.390. The molecule has 0 saturated heterocycles. The van der Waals surface area contributed by atoms with Crippen LogP contribution in [0, 0.1) is 0 Å². The van der Waals surface area contributed by atoms with Crippen molar-refractivity contribution in [1.29, 1.82) is 0 Å². The normalized spacial score (nSPS) is 11.1. The molecule has 0 aliphatic heterocycles. The number of hydrogen-bond donors (Lipinski definition) is 1. The van der Waals surface area contributed by atoms with Crippen LogP contribution in [0.5, 0.6) is 5.75 Å². The number of thiophene rings is 1. The molecule has 0 aliphatic carbocycles. The van der Waals surface area contributed by atoms with E-state index >= 15 is 0 Å². The monoisotopic (exact) mass is 408 g/mol. The molecule has 0 radical (unpaired) electrons. The van der Waals surface area contributed by atoms with Gasteiger partial charge in [-0.25, -0.2) is 0 Å². The first-order chi connectivity index (χ1) is 14.1. The number of carbonyl (C=O) groups is 1. The fourth-order valence-corrected chi connectivity index (χ4v) is 4.49. The average Bonchev–Trinajstić information content (AvgIpc) is 3.15. The summed E-state index contributed by atoms with van der Waals surface area (Å²) in [6.45, 7) is 0.305. The minimum atomic E-state index is -0.296. The summed E-state index contributed by atoms with van der Waals surface area (Å²) >= 11 is 1.26. The van der Waals surface area contributed by atoms with Crippen molar-refractivity contribution in [3.05, 3.63) is 75.4 Å². The second-order valence-electron chi connectivity index (χ2n) is 6.52. The highest BCUT2D eigenvalue weighted by Gasteiger charge is 2.24. The molecule has 0 aliphatic rings. The number of para-hydroxylation sites is 1. The van der Waals surface area contributed by atoms with Gasteiger partial charge in [0.25, 0.3) is 11.5 Å². The molecule has 29 heavy (non-hydrogen) atoms. The minimum Gasteiger partial charge on any atom is -0.465 e. The lowest BCUT2D eigenvalue weighted by Gasteiger charge is -2.10. The molecule has 0 fully saturated rings. The molecule has 0 saturated carbocycles. The zero-order valence-corrected chi connectivity index (χ0v) is 16.9. The Bertz CT molecular complexity index is 1240. The van der Waals surface area contributed by atoms with Gasteiger partial charge < -0.3 is 19.4 Å². The lowest BCUT2D eigenvalue weighted by molar-refractivity contribution is 0.00569. The number of nitrogens with zero attached hydrogens (tertiary/aromatic N) is 1. The molecule has 0 atom stereocenters. The second kappa shape index (κ2) is 8.06. The zero-order chi connectivity index (χ0) is 20.4. The maximum Gasteiger partial charge on any atom is 0.264 e. The van der Waals surface area contributed by atoms with Gasteiger partial charge in [0.15, 0.2) is 12.5 Å². The highest BCUT2D eigenvalue weighted by Crippen LogP contribution is 2.39. The van der Waals surface area contributed by atoms with Crippen LogP contribution in [0.2, 0.25) is 0 Å². The molecule has 0 spiro atoms. The first-order valence-electron chi connectivity index (χ1n) is 9.12. The van der Waals surface area contributed by atoms with E-state index in [1.54, 1.807) is 18.7 Å². The topological polar surface area (TPSA) is 69.6 Å². The predicted molar refractivity (Wildman–Crippen MR) is 115 cm³/mol. The van der Waals surface area contributed by atoms with E-state index in [1.807, 2.05) is 54.6 Å². The molecular weight excluding hydrogens is 388 g/mol. The number of carbonyl (C=O) groups excluding carboxylic acids is 1. The molecule has 0 bridgehead atoms. The van der Waals surface area contributed by atoms with Crippen molar-refractivity contribution < 1.29 is 14.3 Å². The summed E-state index contributed by atoms with van der Waals surface area (Å²) < 4.78 is 13.8. The number of rotatable bonds is 6. The van der Waals surface area contributed by atoms with Crippen molar-refractivity contribution in [2.45, 2.75) is 6.61 Å². The third kappa shape index (κ3) is 3.50.